The van der Waals surface area contributed by atoms with Gasteiger partial charge in [0.1, 0.15) is 11.6 Å². The van der Waals surface area contributed by atoms with Gasteiger partial charge in [-0.3, -0.25) is 0 Å². The van der Waals surface area contributed by atoms with Crippen molar-refractivity contribution >= 4 is 28.7 Å². The minimum atomic E-state index is -0.395. The standard InChI is InChI=1S/C14H17N3O2S/c1-9-8-20-13(16-9)7-19-14(18)11-6-10(15)4-5-12(11)17(2)3/h4-6,8H,7,15H2,1-3H3. The normalized spacial score (nSPS) is 10.3. The SMILES string of the molecule is Cc1csc(COC(=O)c2cc(N)ccc2N(C)C)n1. The Morgan fingerprint density at radius 3 is 2.80 bits per heavy atom. The van der Waals surface area contributed by atoms with E-state index in [1.165, 1.54) is 11.3 Å². The summed E-state index contributed by atoms with van der Waals surface area (Å²) in [7, 11) is 3.74. The van der Waals surface area contributed by atoms with Crippen LogP contribution in [0.5, 0.6) is 0 Å². The number of hydrogen-bond donors (Lipinski definition) is 1. The number of ether oxygens (including phenoxy) is 1. The number of nitrogens with zero attached hydrogens (tertiary/aromatic N) is 2. The number of thiazole rings is 1. The molecule has 1 aromatic carbocycles. The number of aryl methyl sites for hydroxylation is 1. The number of esters is 1. The Labute approximate surface area is 122 Å². The van der Waals surface area contributed by atoms with E-state index in [9.17, 15) is 4.79 Å². The van der Waals surface area contributed by atoms with Gasteiger partial charge < -0.3 is 15.4 Å². The third-order valence-electron chi connectivity index (χ3n) is 2.72. The average molecular weight is 291 g/mol. The molecule has 0 bridgehead atoms. The fraction of sp³-hybridized carbons (Fsp3) is 0.286. The van der Waals surface area contributed by atoms with E-state index in [1.54, 1.807) is 18.2 Å². The number of aromatic nitrogens is 1. The zero-order valence-electron chi connectivity index (χ0n) is 11.7. The third-order valence-corrected chi connectivity index (χ3v) is 3.66. The molecule has 5 nitrogen and oxygen atoms in total. The first-order chi connectivity index (χ1) is 9.47. The Morgan fingerprint density at radius 1 is 1.45 bits per heavy atom. The predicted molar refractivity (Wildman–Crippen MR) is 81.2 cm³/mol. The Morgan fingerprint density at radius 2 is 2.20 bits per heavy atom. The molecule has 6 heteroatoms. The summed E-state index contributed by atoms with van der Waals surface area (Å²) in [6.45, 7) is 2.09. The molecule has 0 fully saturated rings. The second-order valence-electron chi connectivity index (χ2n) is 4.63. The topological polar surface area (TPSA) is 68.5 Å². The minimum absolute atomic E-state index is 0.180. The molecule has 0 saturated carbocycles. The maximum Gasteiger partial charge on any atom is 0.340 e. The van der Waals surface area contributed by atoms with Crippen molar-refractivity contribution in [2.75, 3.05) is 24.7 Å². The van der Waals surface area contributed by atoms with Gasteiger partial charge in [-0.25, -0.2) is 9.78 Å². The average Bonchev–Trinajstić information content (AvgIpc) is 2.81. The largest absolute Gasteiger partial charge is 0.455 e. The maximum atomic E-state index is 12.2. The molecular weight excluding hydrogens is 274 g/mol. The van der Waals surface area contributed by atoms with Gasteiger partial charge in [0.05, 0.1) is 11.3 Å². The van der Waals surface area contributed by atoms with Crippen LogP contribution in [0.3, 0.4) is 0 Å². The summed E-state index contributed by atoms with van der Waals surface area (Å²) in [5.41, 5.74) is 8.44. The molecule has 0 amide bonds. The second-order valence-corrected chi connectivity index (χ2v) is 5.57. The van der Waals surface area contributed by atoms with E-state index < -0.39 is 5.97 Å². The minimum Gasteiger partial charge on any atom is -0.455 e. The molecule has 0 radical (unpaired) electrons. The number of hydrogen-bond acceptors (Lipinski definition) is 6. The van der Waals surface area contributed by atoms with Crippen LogP contribution in [0, 0.1) is 6.92 Å². The Kier molecular flexibility index (Phi) is 4.24. The predicted octanol–water partition coefficient (Wildman–Crippen LogP) is 2.46. The summed E-state index contributed by atoms with van der Waals surface area (Å²) >= 11 is 1.48. The summed E-state index contributed by atoms with van der Waals surface area (Å²) in [5.74, 6) is -0.395. The number of benzene rings is 1. The summed E-state index contributed by atoms with van der Waals surface area (Å²) in [4.78, 5) is 18.3. The van der Waals surface area contributed by atoms with Crippen LogP contribution in [0.1, 0.15) is 21.1 Å². The molecule has 0 aliphatic heterocycles. The van der Waals surface area contributed by atoms with E-state index in [1.807, 2.05) is 31.3 Å². The van der Waals surface area contributed by atoms with E-state index in [-0.39, 0.29) is 6.61 Å². The molecule has 1 heterocycles. The lowest BCUT2D eigenvalue weighted by Crippen LogP contribution is -2.15. The van der Waals surface area contributed by atoms with Gasteiger partial charge in [0.2, 0.25) is 0 Å². The van der Waals surface area contributed by atoms with Crippen LogP contribution < -0.4 is 10.6 Å². The van der Waals surface area contributed by atoms with Gasteiger partial charge in [0.15, 0.2) is 0 Å². The van der Waals surface area contributed by atoms with Crippen molar-refractivity contribution in [3.63, 3.8) is 0 Å². The highest BCUT2D eigenvalue weighted by molar-refractivity contribution is 7.09. The molecule has 2 aromatic rings. The Hall–Kier alpha value is -2.08. The molecule has 2 N–H and O–H groups in total. The second kappa shape index (κ2) is 5.92. The summed E-state index contributed by atoms with van der Waals surface area (Å²) < 4.78 is 5.30. The smallest absolute Gasteiger partial charge is 0.340 e. The molecule has 0 spiro atoms. The van der Waals surface area contributed by atoms with Gasteiger partial charge in [0, 0.05) is 30.9 Å². The highest BCUT2D eigenvalue weighted by Crippen LogP contribution is 2.23. The molecule has 0 aliphatic carbocycles. The van der Waals surface area contributed by atoms with Crippen molar-refractivity contribution in [1.82, 2.24) is 4.98 Å². The quantitative estimate of drug-likeness (QED) is 0.692. The molecule has 1 aromatic heterocycles. The van der Waals surface area contributed by atoms with Gasteiger partial charge in [0.25, 0.3) is 0 Å². The Balaban J connectivity index is 2.14. The summed E-state index contributed by atoms with van der Waals surface area (Å²) in [6, 6.07) is 5.19. The molecular formula is C14H17N3O2S. The van der Waals surface area contributed by atoms with Crippen LogP contribution in [0.4, 0.5) is 11.4 Å². The van der Waals surface area contributed by atoms with E-state index in [0.29, 0.717) is 11.3 Å². The molecule has 0 unspecified atom stereocenters. The number of carbonyl (C=O) groups is 1. The lowest BCUT2D eigenvalue weighted by molar-refractivity contribution is 0.0473. The van der Waals surface area contributed by atoms with Crippen LogP contribution in [0.2, 0.25) is 0 Å². The van der Waals surface area contributed by atoms with Crippen molar-refractivity contribution in [1.29, 1.82) is 0 Å². The highest BCUT2D eigenvalue weighted by atomic mass is 32.1. The first-order valence-corrected chi connectivity index (χ1v) is 7.00. The number of carbonyl (C=O) groups excluding carboxylic acids is 1. The molecule has 0 aliphatic rings. The number of nitrogen functional groups attached to an aromatic ring is 1. The van der Waals surface area contributed by atoms with Crippen LogP contribution in [-0.2, 0) is 11.3 Å². The number of anilines is 2. The van der Waals surface area contributed by atoms with E-state index in [0.717, 1.165) is 16.4 Å². The lowest BCUT2D eigenvalue weighted by atomic mass is 10.1. The molecule has 106 valence electrons. The van der Waals surface area contributed by atoms with Gasteiger partial charge in [-0.05, 0) is 25.1 Å². The first kappa shape index (κ1) is 14.3. The summed E-state index contributed by atoms with van der Waals surface area (Å²) in [6.07, 6.45) is 0. The zero-order chi connectivity index (χ0) is 14.7. The Bertz CT molecular complexity index is 623. The fourth-order valence-electron chi connectivity index (χ4n) is 1.78. The van der Waals surface area contributed by atoms with Gasteiger partial charge in [-0.1, -0.05) is 0 Å². The van der Waals surface area contributed by atoms with Crippen molar-refractivity contribution in [3.05, 3.63) is 39.8 Å². The van der Waals surface area contributed by atoms with E-state index >= 15 is 0 Å². The number of rotatable bonds is 4. The monoisotopic (exact) mass is 291 g/mol. The van der Waals surface area contributed by atoms with Crippen molar-refractivity contribution in [2.24, 2.45) is 0 Å². The lowest BCUT2D eigenvalue weighted by Gasteiger charge is -2.17. The molecule has 0 saturated heterocycles. The van der Waals surface area contributed by atoms with Crippen molar-refractivity contribution in [3.8, 4) is 0 Å². The molecule has 2 rings (SSSR count). The molecule has 0 atom stereocenters. The van der Waals surface area contributed by atoms with Crippen LogP contribution in [0.25, 0.3) is 0 Å². The highest BCUT2D eigenvalue weighted by Gasteiger charge is 2.15. The van der Waals surface area contributed by atoms with Crippen LogP contribution >= 0.6 is 11.3 Å². The fourth-order valence-corrected chi connectivity index (χ4v) is 2.46. The van der Waals surface area contributed by atoms with Crippen LogP contribution in [0.15, 0.2) is 23.6 Å². The maximum absolute atomic E-state index is 12.2. The van der Waals surface area contributed by atoms with Crippen molar-refractivity contribution < 1.29 is 9.53 Å². The van der Waals surface area contributed by atoms with E-state index in [4.69, 9.17) is 10.5 Å². The number of nitrogens with two attached hydrogens (primary N) is 1. The third kappa shape index (κ3) is 3.27. The van der Waals surface area contributed by atoms with E-state index in [2.05, 4.69) is 4.98 Å². The van der Waals surface area contributed by atoms with Crippen LogP contribution in [-0.4, -0.2) is 25.0 Å². The molecule has 20 heavy (non-hydrogen) atoms. The van der Waals surface area contributed by atoms with Gasteiger partial charge >= 0.3 is 5.97 Å². The van der Waals surface area contributed by atoms with Gasteiger partial charge in [-0.2, -0.15) is 0 Å². The van der Waals surface area contributed by atoms with Gasteiger partial charge in [-0.15, -0.1) is 11.3 Å². The summed E-state index contributed by atoms with van der Waals surface area (Å²) in [5, 5.41) is 2.71. The first-order valence-electron chi connectivity index (χ1n) is 6.12. The van der Waals surface area contributed by atoms with Crippen molar-refractivity contribution in [2.45, 2.75) is 13.5 Å². The zero-order valence-corrected chi connectivity index (χ0v) is 12.5.